The fourth-order valence-electron chi connectivity index (χ4n) is 2.23. The van der Waals surface area contributed by atoms with Gasteiger partial charge in [0.1, 0.15) is 6.07 Å². The molecular weight excluding hydrogens is 436 g/mol. The zero-order valence-corrected chi connectivity index (χ0v) is 18.0. The van der Waals surface area contributed by atoms with E-state index >= 15 is 0 Å². The molecule has 2 aliphatic rings. The summed E-state index contributed by atoms with van der Waals surface area (Å²) in [5, 5.41) is 9.33. The Kier molecular flexibility index (Phi) is 6.68. The lowest BCUT2D eigenvalue weighted by atomic mass is 10.3. The van der Waals surface area contributed by atoms with Crippen LogP contribution in [-0.4, -0.2) is 25.2 Å². The molecule has 0 bridgehead atoms. The molecular formula is C18H12N2O4S4. The highest BCUT2D eigenvalue weighted by Crippen LogP contribution is 2.59. The summed E-state index contributed by atoms with van der Waals surface area (Å²) in [4.78, 5) is 31.0. The van der Waals surface area contributed by atoms with Crippen LogP contribution in [0.1, 0.15) is 13.8 Å². The monoisotopic (exact) mass is 448 g/mol. The van der Waals surface area contributed by atoms with Crippen molar-refractivity contribution in [2.45, 2.75) is 33.4 Å². The molecule has 0 unspecified atom stereocenters. The highest BCUT2D eigenvalue weighted by atomic mass is 32.2. The number of hydrogen-bond donors (Lipinski definition) is 0. The van der Waals surface area contributed by atoms with Crippen molar-refractivity contribution in [2.24, 2.45) is 0 Å². The minimum atomic E-state index is -0.620. The second-order valence-corrected chi connectivity index (χ2v) is 9.84. The highest BCUT2D eigenvalue weighted by molar-refractivity contribution is 8.25. The average molecular weight is 449 g/mol. The molecule has 3 rings (SSSR count). The van der Waals surface area contributed by atoms with Gasteiger partial charge in [-0.3, -0.25) is 4.79 Å². The van der Waals surface area contributed by atoms with Crippen LogP contribution in [0, 0.1) is 17.9 Å². The summed E-state index contributed by atoms with van der Waals surface area (Å²) < 4.78 is 11.1. The van der Waals surface area contributed by atoms with E-state index in [0.717, 1.165) is 19.6 Å². The number of carbonyl (C=O) groups is 2. The van der Waals surface area contributed by atoms with Crippen molar-refractivity contribution in [3.8, 4) is 6.07 Å². The number of hydrogen-bond acceptors (Lipinski definition) is 9. The minimum Gasteiger partial charge on any atom is -0.471 e. The van der Waals surface area contributed by atoms with Gasteiger partial charge in [-0.05, 0) is 26.0 Å². The van der Waals surface area contributed by atoms with Crippen molar-refractivity contribution in [1.82, 2.24) is 0 Å². The van der Waals surface area contributed by atoms with E-state index in [9.17, 15) is 14.9 Å². The second-order valence-electron chi connectivity index (χ2n) is 5.12. The van der Waals surface area contributed by atoms with Crippen molar-refractivity contribution < 1.29 is 19.1 Å². The van der Waals surface area contributed by atoms with Crippen LogP contribution in [0.4, 0.5) is 0 Å². The summed E-state index contributed by atoms with van der Waals surface area (Å²) >= 11 is 5.40. The van der Waals surface area contributed by atoms with Crippen LogP contribution < -0.4 is 0 Å². The van der Waals surface area contributed by atoms with E-state index in [0.29, 0.717) is 8.47 Å². The summed E-state index contributed by atoms with van der Waals surface area (Å²) in [5.74, 6) is -1.24. The maximum absolute atomic E-state index is 12.0. The molecule has 0 fully saturated rings. The summed E-state index contributed by atoms with van der Waals surface area (Å²) in [6, 6.07) is 5.84. The van der Waals surface area contributed by atoms with Gasteiger partial charge < -0.3 is 9.47 Å². The van der Waals surface area contributed by atoms with E-state index in [1.165, 1.54) is 47.0 Å². The Morgan fingerprint density at radius 3 is 1.86 bits per heavy atom. The maximum atomic E-state index is 12.0. The van der Waals surface area contributed by atoms with Gasteiger partial charge in [0.25, 0.3) is 5.70 Å². The highest BCUT2D eigenvalue weighted by Gasteiger charge is 2.31. The number of esters is 2. The van der Waals surface area contributed by atoms with Gasteiger partial charge in [0.2, 0.25) is 0 Å². The maximum Gasteiger partial charge on any atom is 0.350 e. The van der Waals surface area contributed by atoms with E-state index in [4.69, 9.17) is 16.0 Å². The number of nitrogens with zero attached hydrogens (tertiary/aromatic N) is 2. The first-order valence-corrected chi connectivity index (χ1v) is 11.3. The van der Waals surface area contributed by atoms with Crippen molar-refractivity contribution in [1.29, 1.82) is 5.26 Å². The molecule has 0 aliphatic carbocycles. The third-order valence-electron chi connectivity index (χ3n) is 3.39. The van der Waals surface area contributed by atoms with Crippen LogP contribution >= 0.6 is 47.0 Å². The first-order valence-electron chi connectivity index (χ1n) is 8.02. The summed E-state index contributed by atoms with van der Waals surface area (Å²) in [5.41, 5.74) is -0.00474. The van der Waals surface area contributed by atoms with Gasteiger partial charge in [-0.15, -0.1) is 0 Å². The molecule has 0 N–H and O–H groups in total. The van der Waals surface area contributed by atoms with Gasteiger partial charge >= 0.3 is 11.9 Å². The van der Waals surface area contributed by atoms with Gasteiger partial charge in [0.05, 0.1) is 28.3 Å². The molecule has 142 valence electrons. The number of rotatable bonds is 4. The lowest BCUT2D eigenvalue weighted by molar-refractivity contribution is -0.139. The van der Waals surface area contributed by atoms with Crippen LogP contribution in [0.2, 0.25) is 0 Å². The second kappa shape index (κ2) is 9.01. The van der Waals surface area contributed by atoms with Gasteiger partial charge in [-0.25, -0.2) is 9.64 Å². The first kappa shape index (κ1) is 20.7. The Morgan fingerprint density at radius 1 is 0.964 bits per heavy atom. The van der Waals surface area contributed by atoms with Crippen molar-refractivity contribution in [3.05, 3.63) is 43.3 Å². The molecule has 28 heavy (non-hydrogen) atoms. The van der Waals surface area contributed by atoms with Gasteiger partial charge in [-0.2, -0.15) is 5.26 Å². The predicted molar refractivity (Wildman–Crippen MR) is 109 cm³/mol. The smallest absolute Gasteiger partial charge is 0.350 e. The van der Waals surface area contributed by atoms with Crippen LogP contribution in [0.5, 0.6) is 0 Å². The Morgan fingerprint density at radius 2 is 1.43 bits per heavy atom. The van der Waals surface area contributed by atoms with E-state index < -0.39 is 11.9 Å². The summed E-state index contributed by atoms with van der Waals surface area (Å²) in [6.07, 6.45) is 0. The lowest BCUT2D eigenvalue weighted by Crippen LogP contribution is -2.07. The van der Waals surface area contributed by atoms with Crippen LogP contribution in [0.15, 0.2) is 51.5 Å². The third kappa shape index (κ3) is 4.06. The fraction of sp³-hybridized carbons (Fsp3) is 0.222. The Hall–Kier alpha value is -1.98. The standard InChI is InChI=1S/C18H12N2O4S4/c1-4-23-15(21)9(8-19)17-25-10-6-12-13(7-11(10)26-17)28-18(27-12)14(20-3)16(22)24-5-2/h6-7H,4-5H2,1-2H3. The molecule has 0 radical (unpaired) electrons. The van der Waals surface area contributed by atoms with Crippen LogP contribution in [0.3, 0.4) is 0 Å². The number of carbonyl (C=O) groups excluding carboxylic acids is 2. The Balaban J connectivity index is 1.89. The molecule has 0 aromatic heterocycles. The number of nitriles is 1. The molecule has 6 nitrogen and oxygen atoms in total. The molecule has 0 amide bonds. The fourth-order valence-corrected chi connectivity index (χ4v) is 7.35. The van der Waals surface area contributed by atoms with Gasteiger partial charge in [0, 0.05) is 19.6 Å². The lowest BCUT2D eigenvalue weighted by Gasteiger charge is -2.02. The normalized spacial score (nSPS) is 13.9. The summed E-state index contributed by atoms with van der Waals surface area (Å²) in [6.45, 7) is 11.1. The molecule has 0 saturated heterocycles. The Bertz CT molecular complexity index is 901. The van der Waals surface area contributed by atoms with E-state index in [2.05, 4.69) is 4.85 Å². The first-order chi connectivity index (χ1) is 13.5. The molecule has 0 atom stereocenters. The van der Waals surface area contributed by atoms with Crippen molar-refractivity contribution in [3.63, 3.8) is 0 Å². The van der Waals surface area contributed by atoms with Crippen molar-refractivity contribution in [2.75, 3.05) is 13.2 Å². The Labute approximate surface area is 178 Å². The van der Waals surface area contributed by atoms with E-state index in [-0.39, 0.29) is 24.5 Å². The minimum absolute atomic E-state index is 0.00621. The predicted octanol–water partition coefficient (Wildman–Crippen LogP) is 5.03. The van der Waals surface area contributed by atoms with Gasteiger partial charge in [-0.1, -0.05) is 47.0 Å². The zero-order chi connectivity index (χ0) is 20.3. The zero-order valence-electron chi connectivity index (χ0n) is 14.7. The third-order valence-corrected chi connectivity index (χ3v) is 8.42. The van der Waals surface area contributed by atoms with E-state index in [1.54, 1.807) is 13.8 Å². The quantitative estimate of drug-likeness (QED) is 0.272. The number of fused-ring (bicyclic) bond motifs is 2. The molecule has 1 aromatic rings. The molecule has 2 aliphatic heterocycles. The average Bonchev–Trinajstić information content (AvgIpc) is 3.24. The van der Waals surface area contributed by atoms with Gasteiger partial charge in [0.15, 0.2) is 5.57 Å². The molecule has 10 heteroatoms. The van der Waals surface area contributed by atoms with Crippen LogP contribution in [-0.2, 0) is 19.1 Å². The molecule has 2 heterocycles. The molecule has 0 spiro atoms. The van der Waals surface area contributed by atoms with Crippen molar-refractivity contribution >= 4 is 59.0 Å². The topological polar surface area (TPSA) is 80.8 Å². The van der Waals surface area contributed by atoms with E-state index in [1.807, 2.05) is 18.2 Å². The SMILES string of the molecule is [C-]#[N+]C(C(=O)OCC)=C1Sc2cc3c(cc2S1)SC(=C(C#N)C(=O)OCC)S3. The summed E-state index contributed by atoms with van der Waals surface area (Å²) in [7, 11) is 0. The molecule has 1 aromatic carbocycles. The largest absolute Gasteiger partial charge is 0.471 e. The van der Waals surface area contributed by atoms with Crippen LogP contribution in [0.25, 0.3) is 4.85 Å². The molecule has 0 saturated carbocycles. The number of benzene rings is 1. The number of thioether (sulfide) groups is 4. The number of ether oxygens (including phenoxy) is 2.